The van der Waals surface area contributed by atoms with Crippen molar-refractivity contribution in [2.45, 2.75) is 44.8 Å². The molecule has 2 aromatic carbocycles. The van der Waals surface area contributed by atoms with Crippen molar-refractivity contribution in [3.05, 3.63) is 65.2 Å². The van der Waals surface area contributed by atoms with E-state index in [2.05, 4.69) is 11.4 Å². The zero-order valence-corrected chi connectivity index (χ0v) is 16.2. The van der Waals surface area contributed by atoms with Gasteiger partial charge in [0.25, 0.3) is 0 Å². The van der Waals surface area contributed by atoms with Crippen LogP contribution < -0.4 is 5.32 Å². The SMILES string of the molecule is C[C@@H]1CN(C(=O)C(=O)Nc2cccc3c2CCCC3)C[C@@H](c2ccccc2)O1. The van der Waals surface area contributed by atoms with E-state index < -0.39 is 11.8 Å². The Balaban J connectivity index is 1.47. The lowest BCUT2D eigenvalue weighted by Crippen LogP contribution is -2.49. The predicted octanol–water partition coefficient (Wildman–Crippen LogP) is 3.49. The van der Waals surface area contributed by atoms with Crippen LogP contribution in [0.25, 0.3) is 0 Å². The molecule has 2 aliphatic rings. The van der Waals surface area contributed by atoms with Gasteiger partial charge in [-0.2, -0.15) is 0 Å². The summed E-state index contributed by atoms with van der Waals surface area (Å²) in [7, 11) is 0. The zero-order valence-electron chi connectivity index (χ0n) is 16.2. The summed E-state index contributed by atoms with van der Waals surface area (Å²) in [6.45, 7) is 2.73. The average Bonchev–Trinajstić information content (AvgIpc) is 2.73. The third-order valence-corrected chi connectivity index (χ3v) is 5.56. The number of rotatable bonds is 2. The van der Waals surface area contributed by atoms with E-state index in [4.69, 9.17) is 4.74 Å². The maximum Gasteiger partial charge on any atom is 0.313 e. The highest BCUT2D eigenvalue weighted by Crippen LogP contribution is 2.28. The van der Waals surface area contributed by atoms with Crippen molar-refractivity contribution in [3.63, 3.8) is 0 Å². The van der Waals surface area contributed by atoms with E-state index in [-0.39, 0.29) is 12.2 Å². The van der Waals surface area contributed by atoms with Crippen molar-refractivity contribution in [2.24, 2.45) is 0 Å². The van der Waals surface area contributed by atoms with Crippen molar-refractivity contribution in [1.82, 2.24) is 4.90 Å². The number of benzene rings is 2. The molecule has 0 aromatic heterocycles. The fraction of sp³-hybridized carbons (Fsp3) is 0.391. The lowest BCUT2D eigenvalue weighted by Gasteiger charge is -2.36. The smallest absolute Gasteiger partial charge is 0.313 e. The van der Waals surface area contributed by atoms with Crippen LogP contribution in [-0.2, 0) is 27.2 Å². The van der Waals surface area contributed by atoms with Crippen molar-refractivity contribution in [3.8, 4) is 0 Å². The molecular formula is C23H26N2O3. The third-order valence-electron chi connectivity index (χ3n) is 5.56. The Kier molecular flexibility index (Phi) is 5.44. The molecule has 0 spiro atoms. The van der Waals surface area contributed by atoms with E-state index >= 15 is 0 Å². The zero-order chi connectivity index (χ0) is 19.5. The summed E-state index contributed by atoms with van der Waals surface area (Å²) >= 11 is 0. The molecule has 1 heterocycles. The van der Waals surface area contributed by atoms with Crippen LogP contribution in [0.5, 0.6) is 0 Å². The van der Waals surface area contributed by atoms with E-state index in [0.29, 0.717) is 13.1 Å². The number of anilines is 1. The first-order chi connectivity index (χ1) is 13.6. The molecule has 0 bridgehead atoms. The number of amides is 2. The van der Waals surface area contributed by atoms with Crippen molar-refractivity contribution < 1.29 is 14.3 Å². The molecule has 0 saturated carbocycles. The summed E-state index contributed by atoms with van der Waals surface area (Å²) in [5.41, 5.74) is 4.24. The number of carbonyl (C=O) groups excluding carboxylic acids is 2. The number of carbonyl (C=O) groups is 2. The molecule has 1 N–H and O–H groups in total. The summed E-state index contributed by atoms with van der Waals surface area (Å²) in [5.74, 6) is -1.07. The minimum Gasteiger partial charge on any atom is -0.367 e. The predicted molar refractivity (Wildman–Crippen MR) is 108 cm³/mol. The summed E-state index contributed by atoms with van der Waals surface area (Å²) in [4.78, 5) is 27.2. The number of nitrogens with one attached hydrogen (secondary N) is 1. The second-order valence-corrected chi connectivity index (χ2v) is 7.66. The van der Waals surface area contributed by atoms with Gasteiger partial charge in [-0.15, -0.1) is 0 Å². The largest absolute Gasteiger partial charge is 0.367 e. The van der Waals surface area contributed by atoms with Crippen LogP contribution in [0.15, 0.2) is 48.5 Å². The van der Waals surface area contributed by atoms with E-state index in [0.717, 1.165) is 30.5 Å². The summed E-state index contributed by atoms with van der Waals surface area (Å²) in [5, 5.41) is 2.87. The molecule has 2 amide bonds. The van der Waals surface area contributed by atoms with Crippen molar-refractivity contribution >= 4 is 17.5 Å². The van der Waals surface area contributed by atoms with Gasteiger partial charge in [-0.3, -0.25) is 9.59 Å². The molecule has 4 rings (SSSR count). The normalized spacial score (nSPS) is 21.7. The monoisotopic (exact) mass is 378 g/mol. The van der Waals surface area contributed by atoms with Crippen LogP contribution in [0.1, 0.15) is 42.6 Å². The summed E-state index contributed by atoms with van der Waals surface area (Å²) in [6.07, 6.45) is 3.94. The van der Waals surface area contributed by atoms with Crippen LogP contribution >= 0.6 is 0 Å². The first-order valence-electron chi connectivity index (χ1n) is 10.0. The molecule has 1 saturated heterocycles. The molecule has 1 fully saturated rings. The lowest BCUT2D eigenvalue weighted by molar-refractivity contribution is -0.152. The molecule has 5 nitrogen and oxygen atoms in total. The Hall–Kier alpha value is -2.66. The van der Waals surface area contributed by atoms with Gasteiger partial charge >= 0.3 is 11.8 Å². The van der Waals surface area contributed by atoms with Gasteiger partial charge in [0.05, 0.1) is 12.6 Å². The van der Waals surface area contributed by atoms with Gasteiger partial charge in [-0.1, -0.05) is 42.5 Å². The molecule has 5 heteroatoms. The van der Waals surface area contributed by atoms with Gasteiger partial charge in [0.2, 0.25) is 0 Å². The molecule has 1 aliphatic heterocycles. The highest BCUT2D eigenvalue weighted by molar-refractivity contribution is 6.39. The van der Waals surface area contributed by atoms with Crippen LogP contribution in [0, 0.1) is 0 Å². The molecular weight excluding hydrogens is 352 g/mol. The number of nitrogens with zero attached hydrogens (tertiary/aromatic N) is 1. The minimum atomic E-state index is -0.570. The van der Waals surface area contributed by atoms with Gasteiger partial charge in [0.1, 0.15) is 6.10 Å². The number of hydrogen-bond donors (Lipinski definition) is 1. The van der Waals surface area contributed by atoms with Crippen molar-refractivity contribution in [2.75, 3.05) is 18.4 Å². The fourth-order valence-electron chi connectivity index (χ4n) is 4.19. The molecule has 2 atom stereocenters. The number of ether oxygens (including phenoxy) is 1. The van der Waals surface area contributed by atoms with Crippen LogP contribution in [0.4, 0.5) is 5.69 Å². The number of morpholine rings is 1. The van der Waals surface area contributed by atoms with Gasteiger partial charge in [-0.25, -0.2) is 0 Å². The van der Waals surface area contributed by atoms with E-state index in [1.807, 2.05) is 49.4 Å². The molecule has 0 radical (unpaired) electrons. The van der Waals surface area contributed by atoms with E-state index in [1.54, 1.807) is 4.90 Å². The maximum atomic E-state index is 12.9. The van der Waals surface area contributed by atoms with E-state index in [1.165, 1.54) is 17.5 Å². The lowest BCUT2D eigenvalue weighted by atomic mass is 9.90. The highest BCUT2D eigenvalue weighted by atomic mass is 16.5. The topological polar surface area (TPSA) is 58.6 Å². The van der Waals surface area contributed by atoms with Gasteiger partial charge in [-0.05, 0) is 55.4 Å². The first kappa shape index (κ1) is 18.7. The minimum absolute atomic E-state index is 0.125. The van der Waals surface area contributed by atoms with Crippen LogP contribution in [0.3, 0.4) is 0 Å². The molecule has 146 valence electrons. The molecule has 1 aliphatic carbocycles. The standard InChI is InChI=1S/C23H26N2O3/c1-16-14-25(15-21(28-16)18-9-3-2-4-10-18)23(27)22(26)24-20-13-7-11-17-8-5-6-12-19(17)20/h2-4,7,9-11,13,16,21H,5-6,8,12,14-15H2,1H3,(H,24,26)/t16-,21+/m1/s1. The second kappa shape index (κ2) is 8.15. The molecule has 0 unspecified atom stereocenters. The van der Waals surface area contributed by atoms with Crippen molar-refractivity contribution in [1.29, 1.82) is 0 Å². The van der Waals surface area contributed by atoms with Crippen LogP contribution in [-0.4, -0.2) is 35.9 Å². The molecule has 2 aromatic rings. The average molecular weight is 378 g/mol. The van der Waals surface area contributed by atoms with E-state index in [9.17, 15) is 9.59 Å². The number of fused-ring (bicyclic) bond motifs is 1. The Labute approximate surface area is 165 Å². The Morgan fingerprint density at radius 3 is 2.61 bits per heavy atom. The second-order valence-electron chi connectivity index (χ2n) is 7.66. The maximum absolute atomic E-state index is 12.9. The summed E-state index contributed by atoms with van der Waals surface area (Å²) in [6, 6.07) is 15.8. The Morgan fingerprint density at radius 2 is 1.79 bits per heavy atom. The van der Waals surface area contributed by atoms with Gasteiger partial charge < -0.3 is 15.0 Å². The van der Waals surface area contributed by atoms with Gasteiger partial charge in [0, 0.05) is 12.2 Å². The Bertz CT molecular complexity index is 865. The fourth-order valence-corrected chi connectivity index (χ4v) is 4.19. The van der Waals surface area contributed by atoms with Gasteiger partial charge in [0.15, 0.2) is 0 Å². The van der Waals surface area contributed by atoms with Crippen LogP contribution in [0.2, 0.25) is 0 Å². The summed E-state index contributed by atoms with van der Waals surface area (Å²) < 4.78 is 6.00. The quantitative estimate of drug-likeness (QED) is 0.814. The third kappa shape index (κ3) is 3.94. The number of aryl methyl sites for hydroxylation is 1. The Morgan fingerprint density at radius 1 is 1.00 bits per heavy atom. The highest BCUT2D eigenvalue weighted by Gasteiger charge is 2.32. The first-order valence-corrected chi connectivity index (χ1v) is 10.0. The molecule has 28 heavy (non-hydrogen) atoms. The number of hydrogen-bond acceptors (Lipinski definition) is 3.